The van der Waals surface area contributed by atoms with Crippen LogP contribution in [0.25, 0.3) is 0 Å². The van der Waals surface area contributed by atoms with Crippen LogP contribution < -0.4 is 5.32 Å². The molecule has 0 unspecified atom stereocenters. The number of aryl methyl sites for hydroxylation is 1. The second-order valence-electron chi connectivity index (χ2n) is 29.1. The predicted molar refractivity (Wildman–Crippen MR) is 292 cm³/mol. The van der Waals surface area contributed by atoms with E-state index >= 15 is 9.59 Å². The molecular weight excluding hydrogens is 1010 g/mol. The van der Waals surface area contributed by atoms with Crippen molar-refractivity contribution in [1.29, 1.82) is 0 Å². The number of benzene rings is 1. The number of esters is 2. The van der Waals surface area contributed by atoms with Crippen molar-refractivity contribution >= 4 is 17.7 Å². The summed E-state index contributed by atoms with van der Waals surface area (Å²) in [6.45, 7) is 5.91. The summed E-state index contributed by atoms with van der Waals surface area (Å²) < 4.78 is 36.6. The Morgan fingerprint density at radius 3 is 2.54 bits per heavy atom. The van der Waals surface area contributed by atoms with Gasteiger partial charge >= 0.3 is 11.9 Å². The van der Waals surface area contributed by atoms with Gasteiger partial charge in [0.25, 0.3) is 0 Å². The van der Waals surface area contributed by atoms with E-state index in [0.717, 1.165) is 108 Å². The first kappa shape index (κ1) is 51.6. The van der Waals surface area contributed by atoms with Gasteiger partial charge in [0.1, 0.15) is 24.1 Å². The molecule has 13 heteroatoms. The van der Waals surface area contributed by atoms with Crippen LogP contribution in [0.1, 0.15) is 152 Å². The maximum absolute atomic E-state index is 17.0. The van der Waals surface area contributed by atoms with Gasteiger partial charge < -0.3 is 43.6 Å². The fourth-order valence-corrected chi connectivity index (χ4v) is 23.4. The Balaban J connectivity index is 0.886. The number of furan rings is 1. The third-order valence-electron chi connectivity index (χ3n) is 26.5. The third-order valence-corrected chi connectivity index (χ3v) is 26.5. The maximum Gasteiger partial charge on any atom is 0.339 e. The SMILES string of the molecule is C[C@]12CC[C@@H]3[C@@]45COC(=O)C6(CCCC6)[C@@H]4O[C@](C)(C4CCCCC4)[C@H]5C(=O)[C@@H](O)[C@]34[C@H]3C[C@H](Cc5ccccc5)CC[C@@H]3C#C[C@H]3CCc5coc(C[C@@H]([C@@H]6CC[C@H]7[C@H](C=CN8CNC[C@@H]78)C6)[C@H](O)CO)c5[C@@]31OC(=O)[C@H]1O[C@@]142. The Kier molecular flexibility index (Phi) is 11.6. The number of hydrogen-bond acceptors (Lipinski definition) is 13. The number of ketones is 1. The number of aliphatic hydroxyl groups excluding tert-OH is 3. The van der Waals surface area contributed by atoms with Crippen molar-refractivity contribution in [1.82, 2.24) is 10.2 Å². The van der Waals surface area contributed by atoms with Crippen molar-refractivity contribution in [2.24, 2.45) is 86.8 Å². The van der Waals surface area contributed by atoms with E-state index in [1.165, 1.54) is 5.56 Å². The van der Waals surface area contributed by atoms with Crippen LogP contribution >= 0.6 is 0 Å². The Labute approximate surface area is 471 Å². The number of fused-ring (bicyclic) bond motifs is 6. The van der Waals surface area contributed by atoms with E-state index in [-0.39, 0.29) is 60.5 Å². The first-order valence-electron chi connectivity index (χ1n) is 31.9. The summed E-state index contributed by atoms with van der Waals surface area (Å²) >= 11 is 0. The van der Waals surface area contributed by atoms with Crippen LogP contribution in [-0.4, -0.2) is 106 Å². The molecule has 4 N–H and O–H groups in total. The molecule has 4 bridgehead atoms. The quantitative estimate of drug-likeness (QED) is 0.113. The van der Waals surface area contributed by atoms with E-state index in [1.807, 2.05) is 6.26 Å². The fourth-order valence-electron chi connectivity index (χ4n) is 23.4. The number of rotatable bonds is 8. The predicted octanol–water partition coefficient (Wildman–Crippen LogP) is 8.13. The van der Waals surface area contributed by atoms with Gasteiger partial charge in [0, 0.05) is 46.7 Å². The van der Waals surface area contributed by atoms with Crippen LogP contribution in [0, 0.1) is 98.6 Å². The molecule has 5 spiro atoms. The highest BCUT2D eigenvalue weighted by Crippen LogP contribution is 2.86. The number of epoxide rings is 1. The van der Waals surface area contributed by atoms with Crippen LogP contribution in [0.2, 0.25) is 0 Å². The highest BCUT2D eigenvalue weighted by Gasteiger charge is 2.96. The van der Waals surface area contributed by atoms with E-state index in [1.54, 1.807) is 0 Å². The van der Waals surface area contributed by atoms with Crippen molar-refractivity contribution in [2.75, 3.05) is 26.4 Å². The second kappa shape index (κ2) is 18.0. The topological polar surface area (TPSA) is 181 Å². The highest BCUT2D eigenvalue weighted by atomic mass is 16.7. The van der Waals surface area contributed by atoms with E-state index in [9.17, 15) is 20.1 Å². The number of nitrogens with zero attached hydrogens (tertiary/aromatic N) is 1. The lowest BCUT2D eigenvalue weighted by atomic mass is 9.30. The number of carbonyl (C=O) groups is 3. The van der Waals surface area contributed by atoms with Crippen molar-refractivity contribution < 1.29 is 53.1 Å². The zero-order chi connectivity index (χ0) is 54.3. The number of allylic oxidation sites excluding steroid dienone is 1. The van der Waals surface area contributed by atoms with Gasteiger partial charge in [0.2, 0.25) is 0 Å². The van der Waals surface area contributed by atoms with Gasteiger partial charge in [-0.15, -0.1) is 0 Å². The summed E-state index contributed by atoms with van der Waals surface area (Å²) in [6.07, 6.45) is 19.1. The molecular formula is C67H84N2O11. The lowest BCUT2D eigenvalue weighted by Gasteiger charge is -2.73. The molecule has 21 atom stereocenters. The van der Waals surface area contributed by atoms with E-state index in [2.05, 4.69) is 78.5 Å². The largest absolute Gasteiger partial charge is 0.469 e. The van der Waals surface area contributed by atoms with Crippen molar-refractivity contribution in [3.8, 4) is 11.8 Å². The zero-order valence-corrected chi connectivity index (χ0v) is 47.1. The minimum atomic E-state index is -1.54. The van der Waals surface area contributed by atoms with Crippen molar-refractivity contribution in [3.05, 3.63) is 71.3 Å². The molecule has 428 valence electrons. The average Bonchev–Trinajstić information content (AvgIpc) is 1.43. The maximum atomic E-state index is 17.0. The Morgan fingerprint density at radius 1 is 0.900 bits per heavy atom. The van der Waals surface area contributed by atoms with Gasteiger partial charge in [-0.1, -0.05) is 87.3 Å². The summed E-state index contributed by atoms with van der Waals surface area (Å²) in [7, 11) is 0. The molecule has 2 aromatic rings. The molecule has 1 aromatic heterocycles. The average molecular weight is 1090 g/mol. The third kappa shape index (κ3) is 6.35. The molecule has 13 nitrogen and oxygen atoms in total. The monoisotopic (exact) mass is 1090 g/mol. The van der Waals surface area contributed by atoms with Gasteiger partial charge in [-0.3, -0.25) is 14.9 Å². The Bertz CT molecular complexity index is 2950. The van der Waals surface area contributed by atoms with E-state index < -0.39 is 86.6 Å². The van der Waals surface area contributed by atoms with Gasteiger partial charge in [-0.2, -0.15) is 0 Å². The molecule has 80 heavy (non-hydrogen) atoms. The molecule has 6 saturated carbocycles. The summed E-state index contributed by atoms with van der Waals surface area (Å²) in [6, 6.07) is 11.1. The van der Waals surface area contributed by atoms with Crippen LogP contribution in [0.3, 0.4) is 0 Å². The summed E-state index contributed by atoms with van der Waals surface area (Å²) in [5.41, 5.74) is -5.12. The molecule has 6 aliphatic heterocycles. The Morgan fingerprint density at radius 2 is 1.73 bits per heavy atom. The van der Waals surface area contributed by atoms with Crippen molar-refractivity contribution in [2.45, 2.75) is 196 Å². The number of Topliss-reactive ketones (excluding diaryl/α,β-unsaturated/α-hetero) is 1. The number of carbonyl (C=O) groups excluding carboxylic acids is 3. The fraction of sp³-hybridized carbons (Fsp3) is 0.746. The molecule has 11 fully saturated rings. The number of aliphatic hydroxyl groups is 3. The summed E-state index contributed by atoms with van der Waals surface area (Å²) in [5.74, 6) is 6.33. The van der Waals surface area contributed by atoms with E-state index in [4.69, 9.17) is 23.4 Å². The number of cyclic esters (lactones) is 1. The van der Waals surface area contributed by atoms with Crippen molar-refractivity contribution in [3.63, 3.8) is 0 Å². The molecule has 0 radical (unpaired) electrons. The first-order valence-corrected chi connectivity index (χ1v) is 31.9. The highest BCUT2D eigenvalue weighted by molar-refractivity contribution is 5.93. The van der Waals surface area contributed by atoms with E-state index in [0.29, 0.717) is 75.0 Å². The van der Waals surface area contributed by atoms with Crippen LogP contribution in [0.4, 0.5) is 0 Å². The Hall–Kier alpha value is -4.03. The minimum absolute atomic E-state index is 0.0290. The lowest BCUT2D eigenvalue weighted by Crippen LogP contribution is -2.82. The normalized spacial score (nSPS) is 47.8. The van der Waals surface area contributed by atoms with Gasteiger partial charge in [0.15, 0.2) is 17.5 Å². The van der Waals surface area contributed by atoms with Gasteiger partial charge in [-0.05, 0) is 168 Å². The van der Waals surface area contributed by atoms with Crippen LogP contribution in [0.5, 0.6) is 0 Å². The van der Waals surface area contributed by atoms with Gasteiger partial charge in [-0.25, -0.2) is 4.79 Å². The lowest BCUT2D eigenvalue weighted by molar-refractivity contribution is -0.307. The molecule has 1 aromatic carbocycles. The molecule has 8 aliphatic carbocycles. The zero-order valence-electron chi connectivity index (χ0n) is 47.1. The molecule has 16 rings (SSSR count). The number of nitrogens with one attached hydrogen (secondary N) is 1. The van der Waals surface area contributed by atoms with Crippen LogP contribution in [-0.2, 0) is 58.2 Å². The molecule has 0 amide bonds. The number of hydrogen-bond donors (Lipinski definition) is 4. The molecule has 14 aliphatic rings. The molecule has 7 heterocycles. The van der Waals surface area contributed by atoms with Crippen LogP contribution in [0.15, 0.2) is 53.3 Å². The summed E-state index contributed by atoms with van der Waals surface area (Å²) in [4.78, 5) is 50.3. The second-order valence-corrected chi connectivity index (χ2v) is 29.1. The smallest absolute Gasteiger partial charge is 0.339 e. The minimum Gasteiger partial charge on any atom is -0.469 e. The first-order chi connectivity index (χ1) is 38.8. The summed E-state index contributed by atoms with van der Waals surface area (Å²) in [5, 5.41) is 41.0. The number of ether oxygens (including phenoxy) is 4. The molecule has 5 saturated heterocycles. The van der Waals surface area contributed by atoms with Gasteiger partial charge in [0.05, 0.1) is 54.6 Å². The standard InChI is InChI=1S/C67H84N2O11/c1-61-27-23-52-64-36-77-60(75)63(25-9-10-26-63)59(64)80-62(2,44-13-7-4-8-14-44)55(64)54(72)56(73)65(52)48-30-39(29-38-11-5-3-6-12-38)15-16-40(48)17-20-45-21-18-43-35-76-51(53(43)66(45,61)79-58(74)57-67(61,65)78-57)32-47(50(71)34-70)41-19-22-46-42(31-41)24-28-69-37-68-33-49(46)69/h3,5-6,11-12,24,28,35,39-42,44-50,52,55-57,59,68,70-71,73H,4,7-10,13-16,18-19,21-23,25-27,29-34,36-37H2,1-2H3/t39-,40+,41+,42+,45-,46-,47-,48-,49-,50+,52+,55+,56+,57+,59-,61-,62+,64+,65-,66-,67+/m0/s1.